The number of amides is 1. The van der Waals surface area contributed by atoms with Gasteiger partial charge >= 0.3 is 0 Å². The Bertz CT molecular complexity index is 1000. The van der Waals surface area contributed by atoms with Gasteiger partial charge in [-0.3, -0.25) is 9.59 Å². The second-order valence-corrected chi connectivity index (χ2v) is 5.47. The lowest BCUT2D eigenvalue weighted by molar-refractivity contribution is -0.121. The predicted octanol–water partition coefficient (Wildman–Crippen LogP) is 1.37. The van der Waals surface area contributed by atoms with Crippen molar-refractivity contribution in [3.8, 4) is 6.07 Å². The second kappa shape index (κ2) is 7.36. The van der Waals surface area contributed by atoms with Gasteiger partial charge in [-0.25, -0.2) is 4.68 Å². The highest BCUT2D eigenvalue weighted by Gasteiger charge is 2.07. The number of carbonyl (C=O) groups is 1. The van der Waals surface area contributed by atoms with Crippen molar-refractivity contribution < 1.29 is 4.79 Å². The van der Waals surface area contributed by atoms with Crippen LogP contribution in [-0.4, -0.2) is 20.9 Å². The lowest BCUT2D eigenvalue weighted by Gasteiger charge is -2.07. The quantitative estimate of drug-likeness (QED) is 0.760. The molecule has 3 aromatic rings. The summed E-state index contributed by atoms with van der Waals surface area (Å²) in [5, 5.41) is 19.9. The zero-order valence-corrected chi connectivity index (χ0v) is 13.3. The molecule has 0 aliphatic rings. The van der Waals surface area contributed by atoms with E-state index in [0.29, 0.717) is 23.0 Å². The maximum atomic E-state index is 12.3. The minimum absolute atomic E-state index is 0.128. The number of benzene rings is 2. The van der Waals surface area contributed by atoms with Crippen LogP contribution in [0.3, 0.4) is 0 Å². The fourth-order valence-electron chi connectivity index (χ4n) is 2.36. The maximum Gasteiger partial charge on any atom is 0.277 e. The molecule has 7 heteroatoms. The van der Waals surface area contributed by atoms with E-state index in [9.17, 15) is 9.59 Å². The van der Waals surface area contributed by atoms with E-state index < -0.39 is 0 Å². The largest absolute Gasteiger partial charge is 0.352 e. The molecule has 0 saturated heterocycles. The maximum absolute atomic E-state index is 12.3. The van der Waals surface area contributed by atoms with Gasteiger partial charge in [0.1, 0.15) is 5.52 Å². The SMILES string of the molecule is N#Cc1ccc(CNC(=O)CCn2nnc3ccccc3c2=O)cc1. The number of aryl methyl sites for hydroxylation is 1. The molecule has 0 atom stereocenters. The van der Waals surface area contributed by atoms with Crippen LogP contribution in [0.1, 0.15) is 17.5 Å². The molecule has 1 aromatic heterocycles. The zero-order chi connectivity index (χ0) is 17.6. The van der Waals surface area contributed by atoms with Gasteiger partial charge in [0.2, 0.25) is 5.91 Å². The first-order valence-corrected chi connectivity index (χ1v) is 7.75. The molecule has 0 aliphatic carbocycles. The van der Waals surface area contributed by atoms with Crippen LogP contribution in [0.25, 0.3) is 10.9 Å². The predicted molar refractivity (Wildman–Crippen MR) is 91.4 cm³/mol. The molecule has 124 valence electrons. The van der Waals surface area contributed by atoms with Crippen LogP contribution in [0.15, 0.2) is 53.3 Å². The lowest BCUT2D eigenvalue weighted by Crippen LogP contribution is -2.29. The Hall–Kier alpha value is -3.53. The molecule has 0 radical (unpaired) electrons. The summed E-state index contributed by atoms with van der Waals surface area (Å²) in [7, 11) is 0. The van der Waals surface area contributed by atoms with Gasteiger partial charge in [0.05, 0.1) is 23.6 Å². The molecule has 3 rings (SSSR count). The number of hydrogen-bond donors (Lipinski definition) is 1. The summed E-state index contributed by atoms with van der Waals surface area (Å²) in [5.74, 6) is -0.189. The van der Waals surface area contributed by atoms with Gasteiger partial charge in [-0.2, -0.15) is 5.26 Å². The molecular formula is C18H15N5O2. The van der Waals surface area contributed by atoms with Gasteiger partial charge in [-0.1, -0.05) is 29.5 Å². The topological polar surface area (TPSA) is 101 Å². The molecule has 0 saturated carbocycles. The Labute approximate surface area is 143 Å². The van der Waals surface area contributed by atoms with E-state index in [1.54, 1.807) is 48.5 Å². The first-order valence-electron chi connectivity index (χ1n) is 7.75. The van der Waals surface area contributed by atoms with Crippen LogP contribution in [0.2, 0.25) is 0 Å². The van der Waals surface area contributed by atoms with Crippen LogP contribution in [0.5, 0.6) is 0 Å². The third-order valence-corrected chi connectivity index (χ3v) is 3.75. The Morgan fingerprint density at radius 1 is 1.16 bits per heavy atom. The van der Waals surface area contributed by atoms with Gasteiger partial charge in [-0.05, 0) is 29.8 Å². The molecule has 1 amide bonds. The highest BCUT2D eigenvalue weighted by Crippen LogP contribution is 2.04. The van der Waals surface area contributed by atoms with E-state index in [4.69, 9.17) is 5.26 Å². The molecular weight excluding hydrogens is 318 g/mol. The van der Waals surface area contributed by atoms with E-state index in [1.807, 2.05) is 6.07 Å². The van der Waals surface area contributed by atoms with Crippen molar-refractivity contribution in [3.63, 3.8) is 0 Å². The minimum atomic E-state index is -0.259. The van der Waals surface area contributed by atoms with Gasteiger partial charge < -0.3 is 5.32 Å². The first kappa shape index (κ1) is 16.3. The fraction of sp³-hybridized carbons (Fsp3) is 0.167. The highest BCUT2D eigenvalue weighted by molar-refractivity contribution is 5.77. The summed E-state index contributed by atoms with van der Waals surface area (Å²) in [4.78, 5) is 24.2. The Balaban J connectivity index is 1.58. The second-order valence-electron chi connectivity index (χ2n) is 5.47. The number of nitrogens with one attached hydrogen (secondary N) is 1. The smallest absolute Gasteiger partial charge is 0.277 e. The minimum Gasteiger partial charge on any atom is -0.352 e. The molecule has 0 bridgehead atoms. The van der Waals surface area contributed by atoms with Crippen LogP contribution < -0.4 is 10.9 Å². The standard InChI is InChI=1S/C18H15N5O2/c19-11-13-5-7-14(8-6-13)12-20-17(24)9-10-23-18(25)15-3-1-2-4-16(15)21-22-23/h1-8H,9-10,12H2,(H,20,24). The number of hydrogen-bond acceptors (Lipinski definition) is 5. The lowest BCUT2D eigenvalue weighted by atomic mass is 10.1. The van der Waals surface area contributed by atoms with Crippen molar-refractivity contribution in [1.29, 1.82) is 5.26 Å². The van der Waals surface area contributed by atoms with Gasteiger partial charge in [0, 0.05) is 13.0 Å². The van der Waals surface area contributed by atoms with E-state index in [1.165, 1.54) is 4.68 Å². The van der Waals surface area contributed by atoms with Crippen molar-refractivity contribution in [2.75, 3.05) is 0 Å². The van der Waals surface area contributed by atoms with Crippen molar-refractivity contribution in [1.82, 2.24) is 20.3 Å². The molecule has 1 heterocycles. The molecule has 1 N–H and O–H groups in total. The van der Waals surface area contributed by atoms with Crippen LogP contribution in [0, 0.1) is 11.3 Å². The van der Waals surface area contributed by atoms with Crippen molar-refractivity contribution in [3.05, 3.63) is 70.0 Å². The summed E-state index contributed by atoms with van der Waals surface area (Å²) in [5.41, 5.74) is 1.75. The average molecular weight is 333 g/mol. The summed E-state index contributed by atoms with van der Waals surface area (Å²) in [6.07, 6.45) is 0.128. The number of nitrogens with zero attached hydrogens (tertiary/aromatic N) is 4. The van der Waals surface area contributed by atoms with Crippen LogP contribution >= 0.6 is 0 Å². The number of fused-ring (bicyclic) bond motifs is 1. The highest BCUT2D eigenvalue weighted by atomic mass is 16.2. The van der Waals surface area contributed by atoms with E-state index in [-0.39, 0.29) is 24.4 Å². The van der Waals surface area contributed by atoms with Crippen molar-refractivity contribution in [2.24, 2.45) is 0 Å². The fourth-order valence-corrected chi connectivity index (χ4v) is 2.36. The van der Waals surface area contributed by atoms with E-state index >= 15 is 0 Å². The molecule has 2 aromatic carbocycles. The Morgan fingerprint density at radius 2 is 1.92 bits per heavy atom. The summed E-state index contributed by atoms with van der Waals surface area (Å²) in [6.45, 7) is 0.526. The molecule has 0 spiro atoms. The number of carbonyl (C=O) groups excluding carboxylic acids is 1. The first-order chi connectivity index (χ1) is 12.2. The number of rotatable bonds is 5. The summed E-state index contributed by atoms with van der Waals surface area (Å²) >= 11 is 0. The summed E-state index contributed by atoms with van der Waals surface area (Å²) < 4.78 is 1.20. The van der Waals surface area contributed by atoms with Gasteiger partial charge in [0.25, 0.3) is 5.56 Å². The number of aromatic nitrogens is 3. The van der Waals surface area contributed by atoms with Crippen LogP contribution in [0.4, 0.5) is 0 Å². The van der Waals surface area contributed by atoms with Crippen molar-refractivity contribution >= 4 is 16.8 Å². The van der Waals surface area contributed by atoms with Crippen molar-refractivity contribution in [2.45, 2.75) is 19.5 Å². The molecule has 0 unspecified atom stereocenters. The van der Waals surface area contributed by atoms with Gasteiger partial charge in [0.15, 0.2) is 0 Å². The Kier molecular flexibility index (Phi) is 4.81. The van der Waals surface area contributed by atoms with E-state index in [0.717, 1.165) is 5.56 Å². The molecule has 0 fully saturated rings. The van der Waals surface area contributed by atoms with Gasteiger partial charge in [-0.15, -0.1) is 5.10 Å². The normalized spacial score (nSPS) is 10.4. The zero-order valence-electron chi connectivity index (χ0n) is 13.3. The third kappa shape index (κ3) is 3.87. The molecule has 7 nitrogen and oxygen atoms in total. The van der Waals surface area contributed by atoms with Crippen LogP contribution in [-0.2, 0) is 17.9 Å². The number of nitriles is 1. The monoisotopic (exact) mass is 333 g/mol. The van der Waals surface area contributed by atoms with E-state index in [2.05, 4.69) is 15.6 Å². The average Bonchev–Trinajstić information content (AvgIpc) is 2.66. The molecule has 25 heavy (non-hydrogen) atoms. The summed E-state index contributed by atoms with van der Waals surface area (Å²) in [6, 6.07) is 16.0. The molecule has 0 aliphatic heterocycles. The third-order valence-electron chi connectivity index (χ3n) is 3.75. The Morgan fingerprint density at radius 3 is 2.68 bits per heavy atom.